The first-order valence-electron chi connectivity index (χ1n) is 9.33. The van der Waals surface area contributed by atoms with Gasteiger partial charge in [0.2, 0.25) is 5.91 Å². The Balaban J connectivity index is 1.41. The third-order valence-electron chi connectivity index (χ3n) is 5.42. The molecule has 0 aliphatic carbocycles. The number of carbonyl (C=O) groups is 1. The molecule has 1 saturated heterocycles. The zero-order chi connectivity index (χ0) is 18.8. The maximum Gasteiger partial charge on any atom is 0.222 e. The van der Waals surface area contributed by atoms with Gasteiger partial charge in [0.1, 0.15) is 11.6 Å². The van der Waals surface area contributed by atoms with Gasteiger partial charge in [-0.25, -0.2) is 4.98 Å². The van der Waals surface area contributed by atoms with E-state index in [4.69, 9.17) is 9.72 Å². The number of hydrogen-bond acceptors (Lipinski definition) is 4. The number of fused-ring (bicyclic) bond motifs is 1. The van der Waals surface area contributed by atoms with Gasteiger partial charge in [-0.2, -0.15) is 0 Å². The fraction of sp³-hybridized carbons (Fsp3) is 0.381. The van der Waals surface area contributed by atoms with Crippen LogP contribution in [0.2, 0.25) is 0 Å². The Hall–Kier alpha value is -2.89. The number of ether oxygens (including phenoxy) is 1. The second-order valence-corrected chi connectivity index (χ2v) is 7.03. The molecule has 1 aliphatic rings. The number of carbonyl (C=O) groups excluding carboxylic acids is 1. The van der Waals surface area contributed by atoms with Crippen LogP contribution in [0, 0.1) is 0 Å². The minimum absolute atomic E-state index is 0.198. The van der Waals surface area contributed by atoms with Crippen LogP contribution in [-0.4, -0.2) is 45.5 Å². The number of nitrogens with zero attached hydrogens (tertiary/aromatic N) is 4. The summed E-state index contributed by atoms with van der Waals surface area (Å²) in [6, 6.07) is 9.82. The maximum atomic E-state index is 12.7. The Labute approximate surface area is 158 Å². The van der Waals surface area contributed by atoms with Crippen LogP contribution in [0.5, 0.6) is 5.75 Å². The summed E-state index contributed by atoms with van der Waals surface area (Å²) in [5, 5.41) is 0. The molecule has 1 fully saturated rings. The fourth-order valence-corrected chi connectivity index (χ4v) is 3.93. The summed E-state index contributed by atoms with van der Waals surface area (Å²) in [5.74, 6) is 2.36. The van der Waals surface area contributed by atoms with Gasteiger partial charge in [-0.05, 0) is 30.5 Å². The van der Waals surface area contributed by atoms with E-state index in [1.54, 1.807) is 13.3 Å². The average Bonchev–Trinajstić information content (AvgIpc) is 3.32. The van der Waals surface area contributed by atoms with Crippen molar-refractivity contribution in [1.82, 2.24) is 19.4 Å². The van der Waals surface area contributed by atoms with Crippen LogP contribution in [0.25, 0.3) is 11.0 Å². The number of methoxy groups -OCH3 is 1. The van der Waals surface area contributed by atoms with Gasteiger partial charge >= 0.3 is 0 Å². The first-order valence-corrected chi connectivity index (χ1v) is 9.33. The number of imidazole rings is 1. The van der Waals surface area contributed by atoms with Crippen LogP contribution >= 0.6 is 0 Å². The third kappa shape index (κ3) is 3.39. The summed E-state index contributed by atoms with van der Waals surface area (Å²) in [6.07, 6.45) is 5.75. The van der Waals surface area contributed by atoms with Crippen molar-refractivity contribution in [1.29, 1.82) is 0 Å². The summed E-state index contributed by atoms with van der Waals surface area (Å²) in [6.45, 7) is 1.52. The molecule has 0 bridgehead atoms. The minimum Gasteiger partial charge on any atom is -0.496 e. The Morgan fingerprint density at radius 3 is 2.96 bits per heavy atom. The molecule has 3 heterocycles. The largest absolute Gasteiger partial charge is 0.496 e. The summed E-state index contributed by atoms with van der Waals surface area (Å²) in [5.41, 5.74) is 3.07. The lowest BCUT2D eigenvalue weighted by Gasteiger charge is -2.17. The van der Waals surface area contributed by atoms with Crippen LogP contribution < -0.4 is 4.74 Å². The lowest BCUT2D eigenvalue weighted by Crippen LogP contribution is -2.28. The van der Waals surface area contributed by atoms with E-state index in [1.165, 1.54) is 0 Å². The SMILES string of the molecule is COc1ccccc1CCC(=O)N1CCC(c2nc3ccncc3n2C)C1. The summed E-state index contributed by atoms with van der Waals surface area (Å²) in [7, 11) is 3.69. The first kappa shape index (κ1) is 17.5. The standard InChI is InChI=1S/C21H24N4O2/c1-24-18-13-22-11-9-17(18)23-21(24)16-10-12-25(14-16)20(26)8-7-15-5-3-4-6-19(15)27-2/h3-6,9,11,13,16H,7-8,10,12,14H2,1-2H3. The number of benzene rings is 1. The molecule has 2 aromatic heterocycles. The van der Waals surface area contributed by atoms with E-state index in [0.29, 0.717) is 12.8 Å². The van der Waals surface area contributed by atoms with E-state index >= 15 is 0 Å². The molecular weight excluding hydrogens is 340 g/mol. The molecule has 0 spiro atoms. The molecule has 0 saturated carbocycles. The molecule has 6 nitrogen and oxygen atoms in total. The van der Waals surface area contributed by atoms with Crippen molar-refractivity contribution in [3.63, 3.8) is 0 Å². The normalized spacial score (nSPS) is 16.8. The number of pyridine rings is 1. The molecular formula is C21H24N4O2. The van der Waals surface area contributed by atoms with Gasteiger partial charge in [0, 0.05) is 38.7 Å². The zero-order valence-corrected chi connectivity index (χ0v) is 15.8. The topological polar surface area (TPSA) is 60.2 Å². The highest BCUT2D eigenvalue weighted by molar-refractivity contribution is 5.77. The second-order valence-electron chi connectivity index (χ2n) is 7.03. The monoisotopic (exact) mass is 364 g/mol. The lowest BCUT2D eigenvalue weighted by atomic mass is 10.1. The molecule has 140 valence electrons. The predicted octanol–water partition coefficient (Wildman–Crippen LogP) is 2.93. The zero-order valence-electron chi connectivity index (χ0n) is 15.8. The van der Waals surface area contributed by atoms with Crippen molar-refractivity contribution < 1.29 is 9.53 Å². The molecule has 6 heteroatoms. The Kier molecular flexibility index (Phi) is 4.79. The van der Waals surface area contributed by atoms with Crippen molar-refractivity contribution in [3.05, 3.63) is 54.1 Å². The van der Waals surface area contributed by atoms with Crippen LogP contribution in [0.15, 0.2) is 42.7 Å². The van der Waals surface area contributed by atoms with Gasteiger partial charge < -0.3 is 14.2 Å². The molecule has 0 radical (unpaired) electrons. The number of amides is 1. The maximum absolute atomic E-state index is 12.7. The fourth-order valence-electron chi connectivity index (χ4n) is 3.93. The van der Waals surface area contributed by atoms with E-state index in [0.717, 1.165) is 47.7 Å². The lowest BCUT2D eigenvalue weighted by molar-refractivity contribution is -0.130. The second kappa shape index (κ2) is 7.39. The van der Waals surface area contributed by atoms with Crippen LogP contribution in [0.1, 0.15) is 30.1 Å². The summed E-state index contributed by atoms with van der Waals surface area (Å²) in [4.78, 5) is 23.6. The van der Waals surface area contributed by atoms with Crippen LogP contribution in [0.3, 0.4) is 0 Å². The van der Waals surface area contributed by atoms with Gasteiger partial charge in [0.25, 0.3) is 0 Å². The average molecular weight is 364 g/mol. The van der Waals surface area contributed by atoms with Gasteiger partial charge in [0.05, 0.1) is 24.3 Å². The molecule has 27 heavy (non-hydrogen) atoms. The van der Waals surface area contributed by atoms with E-state index in [9.17, 15) is 4.79 Å². The molecule has 1 unspecified atom stereocenters. The van der Waals surface area contributed by atoms with Crippen molar-refractivity contribution >= 4 is 16.9 Å². The van der Waals surface area contributed by atoms with E-state index in [2.05, 4.69) is 9.55 Å². The molecule has 1 aliphatic heterocycles. The summed E-state index contributed by atoms with van der Waals surface area (Å²) >= 11 is 0. The predicted molar refractivity (Wildman–Crippen MR) is 104 cm³/mol. The molecule has 3 aromatic rings. The van der Waals surface area contributed by atoms with E-state index in [-0.39, 0.29) is 11.8 Å². The van der Waals surface area contributed by atoms with Crippen molar-refractivity contribution in [2.24, 2.45) is 7.05 Å². The Bertz CT molecular complexity index is 966. The quantitative estimate of drug-likeness (QED) is 0.698. The number of hydrogen-bond donors (Lipinski definition) is 0. The Morgan fingerprint density at radius 1 is 1.30 bits per heavy atom. The number of aryl methyl sites for hydroxylation is 2. The van der Waals surface area contributed by atoms with E-state index < -0.39 is 0 Å². The molecule has 1 atom stereocenters. The molecule has 1 aromatic carbocycles. The van der Waals surface area contributed by atoms with Crippen molar-refractivity contribution in [2.45, 2.75) is 25.2 Å². The van der Waals surface area contributed by atoms with Crippen LogP contribution in [-0.2, 0) is 18.3 Å². The Morgan fingerprint density at radius 2 is 2.15 bits per heavy atom. The van der Waals surface area contributed by atoms with Gasteiger partial charge in [-0.15, -0.1) is 0 Å². The third-order valence-corrected chi connectivity index (χ3v) is 5.42. The highest BCUT2D eigenvalue weighted by Gasteiger charge is 2.30. The van der Waals surface area contributed by atoms with Crippen molar-refractivity contribution in [3.8, 4) is 5.75 Å². The van der Waals surface area contributed by atoms with E-state index in [1.807, 2.05) is 48.5 Å². The molecule has 4 rings (SSSR count). The number of likely N-dealkylation sites (tertiary alicyclic amines) is 1. The van der Waals surface area contributed by atoms with Crippen molar-refractivity contribution in [2.75, 3.05) is 20.2 Å². The van der Waals surface area contributed by atoms with Gasteiger partial charge in [0.15, 0.2) is 0 Å². The molecule has 1 amide bonds. The minimum atomic E-state index is 0.198. The summed E-state index contributed by atoms with van der Waals surface area (Å²) < 4.78 is 7.49. The highest BCUT2D eigenvalue weighted by Crippen LogP contribution is 2.29. The number of para-hydroxylation sites is 1. The number of aromatic nitrogens is 3. The van der Waals surface area contributed by atoms with Gasteiger partial charge in [-0.1, -0.05) is 18.2 Å². The molecule has 0 N–H and O–H groups in total. The first-order chi connectivity index (χ1) is 13.2. The smallest absolute Gasteiger partial charge is 0.222 e. The van der Waals surface area contributed by atoms with Crippen LogP contribution in [0.4, 0.5) is 0 Å². The highest BCUT2D eigenvalue weighted by atomic mass is 16.5. The van der Waals surface area contributed by atoms with Gasteiger partial charge in [-0.3, -0.25) is 9.78 Å². The number of rotatable bonds is 5.